The van der Waals surface area contributed by atoms with Crippen molar-refractivity contribution < 1.29 is 4.92 Å². The molecule has 0 aromatic heterocycles. The van der Waals surface area contributed by atoms with Gasteiger partial charge in [-0.05, 0) is 37.3 Å². The molecule has 1 fully saturated rings. The highest BCUT2D eigenvalue weighted by Gasteiger charge is 2.26. The van der Waals surface area contributed by atoms with Crippen LogP contribution in [0.25, 0.3) is 0 Å². The first-order valence-electron chi connectivity index (χ1n) is 7.93. The van der Waals surface area contributed by atoms with Crippen LogP contribution in [0.1, 0.15) is 39.5 Å². The minimum Gasteiger partial charge on any atom is -0.379 e. The third-order valence-electron chi connectivity index (χ3n) is 4.30. The summed E-state index contributed by atoms with van der Waals surface area (Å²) in [5, 5.41) is 14.7. The van der Waals surface area contributed by atoms with Crippen LogP contribution in [-0.2, 0) is 0 Å². The van der Waals surface area contributed by atoms with Gasteiger partial charge in [-0.15, -0.1) is 0 Å². The number of hydrogen-bond acceptors (Lipinski definition) is 4. The molecule has 0 radical (unpaired) electrons. The van der Waals surface area contributed by atoms with Gasteiger partial charge >= 0.3 is 5.69 Å². The van der Waals surface area contributed by atoms with Crippen molar-refractivity contribution in [2.24, 2.45) is 5.92 Å². The second kappa shape index (κ2) is 7.29. The van der Waals surface area contributed by atoms with Crippen LogP contribution < -0.4 is 10.2 Å². The van der Waals surface area contributed by atoms with Crippen molar-refractivity contribution >= 4 is 17.1 Å². The first-order valence-corrected chi connectivity index (χ1v) is 7.93. The lowest BCUT2D eigenvalue weighted by molar-refractivity contribution is -0.383. The highest BCUT2D eigenvalue weighted by atomic mass is 16.6. The zero-order valence-corrected chi connectivity index (χ0v) is 13.0. The van der Waals surface area contributed by atoms with Crippen LogP contribution in [0.2, 0.25) is 0 Å². The van der Waals surface area contributed by atoms with E-state index in [4.69, 9.17) is 0 Å². The fraction of sp³-hybridized carbons (Fsp3) is 0.625. The molecule has 1 aliphatic rings. The molecule has 1 N–H and O–H groups in total. The van der Waals surface area contributed by atoms with Gasteiger partial charge in [0, 0.05) is 19.6 Å². The van der Waals surface area contributed by atoms with Gasteiger partial charge in [-0.2, -0.15) is 0 Å². The van der Waals surface area contributed by atoms with Crippen LogP contribution in [0.4, 0.5) is 17.1 Å². The van der Waals surface area contributed by atoms with Crippen LogP contribution in [0.15, 0.2) is 18.2 Å². The van der Waals surface area contributed by atoms with Crippen molar-refractivity contribution in [1.29, 1.82) is 0 Å². The standard InChI is InChI=1S/C16H25N3O2/c1-3-10-17-14-6-5-7-15(16(14)19(20)21)18-11-8-13(4-2)9-12-18/h5-7,13,17H,3-4,8-12H2,1-2H3. The molecule has 5 nitrogen and oxygen atoms in total. The van der Waals surface area contributed by atoms with Crippen LogP contribution in [-0.4, -0.2) is 24.6 Å². The molecule has 2 rings (SSSR count). The van der Waals surface area contributed by atoms with E-state index in [0.717, 1.165) is 50.5 Å². The van der Waals surface area contributed by atoms with Crippen molar-refractivity contribution in [1.82, 2.24) is 0 Å². The maximum atomic E-state index is 11.5. The minimum absolute atomic E-state index is 0.223. The molecule has 21 heavy (non-hydrogen) atoms. The van der Waals surface area contributed by atoms with Crippen molar-refractivity contribution in [2.45, 2.75) is 39.5 Å². The van der Waals surface area contributed by atoms with Crippen molar-refractivity contribution in [3.63, 3.8) is 0 Å². The van der Waals surface area contributed by atoms with Crippen molar-refractivity contribution in [2.75, 3.05) is 29.9 Å². The lowest BCUT2D eigenvalue weighted by atomic mass is 9.94. The number of anilines is 2. The van der Waals surface area contributed by atoms with E-state index in [1.807, 2.05) is 12.1 Å². The number of para-hydroxylation sites is 1. The molecule has 1 aliphatic heterocycles. The second-order valence-electron chi connectivity index (χ2n) is 5.70. The lowest BCUT2D eigenvalue weighted by Gasteiger charge is -2.33. The Labute approximate surface area is 126 Å². The van der Waals surface area contributed by atoms with Gasteiger partial charge in [-0.3, -0.25) is 10.1 Å². The summed E-state index contributed by atoms with van der Waals surface area (Å²) >= 11 is 0. The molecule has 0 bridgehead atoms. The molecule has 0 spiro atoms. The molecule has 5 heteroatoms. The van der Waals surface area contributed by atoms with E-state index in [1.54, 1.807) is 6.07 Å². The highest BCUT2D eigenvalue weighted by molar-refractivity contribution is 5.77. The number of nitrogens with one attached hydrogen (secondary N) is 1. The molecule has 116 valence electrons. The predicted octanol–water partition coefficient (Wildman–Crippen LogP) is 4.04. The zero-order chi connectivity index (χ0) is 15.2. The number of nitro groups is 1. The van der Waals surface area contributed by atoms with Gasteiger partial charge in [0.15, 0.2) is 0 Å². The number of piperidine rings is 1. The summed E-state index contributed by atoms with van der Waals surface area (Å²) in [5.41, 5.74) is 1.62. The number of nitrogens with zero attached hydrogens (tertiary/aromatic N) is 2. The summed E-state index contributed by atoms with van der Waals surface area (Å²) < 4.78 is 0. The number of rotatable bonds is 6. The molecule has 1 aromatic rings. The molecule has 0 amide bonds. The maximum Gasteiger partial charge on any atom is 0.315 e. The van der Waals surface area contributed by atoms with Gasteiger partial charge in [0.25, 0.3) is 0 Å². The average Bonchev–Trinajstić information content (AvgIpc) is 2.52. The van der Waals surface area contributed by atoms with Gasteiger partial charge < -0.3 is 10.2 Å². The molecule has 0 atom stereocenters. The van der Waals surface area contributed by atoms with E-state index in [0.29, 0.717) is 5.69 Å². The van der Waals surface area contributed by atoms with Gasteiger partial charge in [-0.1, -0.05) is 26.3 Å². The van der Waals surface area contributed by atoms with Crippen LogP contribution in [0.5, 0.6) is 0 Å². The van der Waals surface area contributed by atoms with Crippen molar-refractivity contribution in [3.05, 3.63) is 28.3 Å². The molecule has 1 heterocycles. The molecule has 0 unspecified atom stereocenters. The largest absolute Gasteiger partial charge is 0.379 e. The fourth-order valence-corrected chi connectivity index (χ4v) is 2.96. The number of benzene rings is 1. The van der Waals surface area contributed by atoms with E-state index in [2.05, 4.69) is 24.1 Å². The Morgan fingerprint density at radius 3 is 2.62 bits per heavy atom. The Morgan fingerprint density at radius 2 is 2.05 bits per heavy atom. The zero-order valence-electron chi connectivity index (χ0n) is 13.0. The minimum atomic E-state index is -0.251. The summed E-state index contributed by atoms with van der Waals surface area (Å²) in [6.45, 7) is 6.85. The van der Waals surface area contributed by atoms with E-state index < -0.39 is 0 Å². The van der Waals surface area contributed by atoms with E-state index >= 15 is 0 Å². The third-order valence-corrected chi connectivity index (χ3v) is 4.30. The summed E-state index contributed by atoms with van der Waals surface area (Å²) in [5.74, 6) is 0.765. The smallest absolute Gasteiger partial charge is 0.315 e. The maximum absolute atomic E-state index is 11.5. The van der Waals surface area contributed by atoms with E-state index in [-0.39, 0.29) is 10.6 Å². The molecular formula is C16H25N3O2. The number of nitro benzene ring substituents is 1. The summed E-state index contributed by atoms with van der Waals surface area (Å²) in [6, 6.07) is 5.59. The molecule has 0 aliphatic carbocycles. The molecular weight excluding hydrogens is 266 g/mol. The SMILES string of the molecule is CCCNc1cccc(N2CCC(CC)CC2)c1[N+](=O)[O-]. The predicted molar refractivity (Wildman–Crippen MR) is 87.1 cm³/mol. The van der Waals surface area contributed by atoms with Crippen LogP contribution in [0, 0.1) is 16.0 Å². The first kappa shape index (κ1) is 15.6. The van der Waals surface area contributed by atoms with Gasteiger partial charge in [0.2, 0.25) is 0 Å². The first-order chi connectivity index (χ1) is 10.2. The van der Waals surface area contributed by atoms with Gasteiger partial charge in [0.05, 0.1) is 4.92 Å². The Kier molecular flexibility index (Phi) is 5.42. The van der Waals surface area contributed by atoms with Crippen molar-refractivity contribution in [3.8, 4) is 0 Å². The Hall–Kier alpha value is -1.78. The monoisotopic (exact) mass is 291 g/mol. The van der Waals surface area contributed by atoms with Gasteiger partial charge in [-0.25, -0.2) is 0 Å². The Bertz CT molecular complexity index is 482. The summed E-state index contributed by atoms with van der Waals surface area (Å²) in [7, 11) is 0. The van der Waals surface area contributed by atoms with Crippen LogP contribution >= 0.6 is 0 Å². The fourth-order valence-electron chi connectivity index (χ4n) is 2.96. The van der Waals surface area contributed by atoms with E-state index in [9.17, 15) is 10.1 Å². The topological polar surface area (TPSA) is 58.4 Å². The normalized spacial score (nSPS) is 16.0. The third kappa shape index (κ3) is 3.65. The lowest BCUT2D eigenvalue weighted by Crippen LogP contribution is -2.34. The summed E-state index contributed by atoms with van der Waals surface area (Å²) in [6.07, 6.45) is 4.40. The highest BCUT2D eigenvalue weighted by Crippen LogP contribution is 2.37. The quantitative estimate of drug-likeness (QED) is 0.634. The second-order valence-corrected chi connectivity index (χ2v) is 5.70. The molecule has 0 saturated carbocycles. The Balaban J connectivity index is 2.24. The summed E-state index contributed by atoms with van der Waals surface area (Å²) in [4.78, 5) is 13.4. The van der Waals surface area contributed by atoms with Crippen LogP contribution in [0.3, 0.4) is 0 Å². The average molecular weight is 291 g/mol. The molecule has 1 saturated heterocycles. The molecule has 1 aromatic carbocycles. The Morgan fingerprint density at radius 1 is 1.33 bits per heavy atom. The van der Waals surface area contributed by atoms with E-state index in [1.165, 1.54) is 6.42 Å². The number of hydrogen-bond donors (Lipinski definition) is 1. The van der Waals surface area contributed by atoms with Gasteiger partial charge in [0.1, 0.15) is 11.4 Å².